The average molecular weight is 356 g/mol. The number of hydrogen-bond acceptors (Lipinski definition) is 3. The third-order valence-corrected chi connectivity index (χ3v) is 5.90. The molecule has 0 saturated heterocycles. The van der Waals surface area contributed by atoms with Gasteiger partial charge in [0.2, 0.25) is 0 Å². The fraction of sp³-hybridized carbons (Fsp3) is 0.250. The highest BCUT2D eigenvalue weighted by Crippen LogP contribution is 2.48. The molecular formula is C24H24N2O. The Bertz CT molecular complexity index is 1170. The second kappa shape index (κ2) is 5.78. The molecule has 1 atom stereocenters. The van der Waals surface area contributed by atoms with Crippen LogP contribution < -0.4 is 9.80 Å². The topological polar surface area (TPSA) is 19.6 Å². The predicted octanol–water partition coefficient (Wildman–Crippen LogP) is 6.53. The van der Waals surface area contributed by atoms with Crippen molar-refractivity contribution in [2.75, 3.05) is 16.3 Å². The predicted molar refractivity (Wildman–Crippen MR) is 114 cm³/mol. The zero-order chi connectivity index (χ0) is 18.7. The number of fused-ring (bicyclic) bond motifs is 4. The molecule has 136 valence electrons. The molecule has 0 saturated carbocycles. The van der Waals surface area contributed by atoms with Crippen LogP contribution >= 0.6 is 0 Å². The Hall–Kier alpha value is -2.94. The van der Waals surface area contributed by atoms with Crippen LogP contribution in [0.3, 0.4) is 0 Å². The molecular weight excluding hydrogens is 332 g/mol. The van der Waals surface area contributed by atoms with E-state index in [1.54, 1.807) is 0 Å². The fourth-order valence-corrected chi connectivity index (χ4v) is 4.58. The molecule has 1 aromatic heterocycles. The van der Waals surface area contributed by atoms with Crippen molar-refractivity contribution >= 4 is 39.0 Å². The number of aryl methyl sites for hydroxylation is 2. The molecule has 3 nitrogen and oxygen atoms in total. The van der Waals surface area contributed by atoms with Gasteiger partial charge in [0.1, 0.15) is 11.7 Å². The second-order valence-corrected chi connectivity index (χ2v) is 7.44. The summed E-state index contributed by atoms with van der Waals surface area (Å²) in [6, 6.07) is 19.5. The highest BCUT2D eigenvalue weighted by atomic mass is 16.3. The molecule has 3 heteroatoms. The Balaban J connectivity index is 1.84. The van der Waals surface area contributed by atoms with Crippen molar-refractivity contribution in [3.63, 3.8) is 0 Å². The largest absolute Gasteiger partial charge is 0.454 e. The van der Waals surface area contributed by atoms with Gasteiger partial charge in [0.25, 0.3) is 0 Å². The Morgan fingerprint density at radius 1 is 0.815 bits per heavy atom. The summed E-state index contributed by atoms with van der Waals surface area (Å²) in [4.78, 5) is 4.88. The molecule has 0 unspecified atom stereocenters. The van der Waals surface area contributed by atoms with Gasteiger partial charge in [0.05, 0.1) is 17.1 Å². The van der Waals surface area contributed by atoms with Gasteiger partial charge < -0.3 is 14.2 Å². The lowest BCUT2D eigenvalue weighted by molar-refractivity contribution is 0.653. The molecule has 2 heterocycles. The number of benzene rings is 3. The maximum atomic E-state index is 6.48. The van der Waals surface area contributed by atoms with Gasteiger partial charge in [-0.3, -0.25) is 0 Å². The van der Waals surface area contributed by atoms with Crippen LogP contribution in [0.15, 0.2) is 59.0 Å². The van der Waals surface area contributed by atoms with Crippen molar-refractivity contribution < 1.29 is 4.42 Å². The van der Waals surface area contributed by atoms with Crippen molar-refractivity contribution in [3.05, 3.63) is 65.7 Å². The molecule has 0 N–H and O–H groups in total. The van der Waals surface area contributed by atoms with Crippen LogP contribution in [0.2, 0.25) is 0 Å². The number of furan rings is 1. The van der Waals surface area contributed by atoms with Gasteiger partial charge in [-0.2, -0.15) is 0 Å². The van der Waals surface area contributed by atoms with E-state index in [9.17, 15) is 0 Å². The lowest BCUT2D eigenvalue weighted by Crippen LogP contribution is -2.38. The number of rotatable bonds is 2. The standard InChI is InChI=1S/C24H24N2O/c1-5-25-17(4)26(21-12-7-6-11-20(21)25)22-15(2)13-14-19-18-10-8-9-16(3)23(18)27-24(19)22/h6-14,17H,5H2,1-4H3/t17-/m1/s1. The van der Waals surface area contributed by atoms with Crippen LogP contribution in [-0.2, 0) is 0 Å². The highest BCUT2D eigenvalue weighted by molar-refractivity contribution is 6.11. The Morgan fingerprint density at radius 2 is 1.56 bits per heavy atom. The third kappa shape index (κ3) is 2.14. The molecule has 0 fully saturated rings. The molecule has 1 aliphatic heterocycles. The van der Waals surface area contributed by atoms with Crippen molar-refractivity contribution in [1.29, 1.82) is 0 Å². The van der Waals surface area contributed by atoms with Crippen molar-refractivity contribution in [3.8, 4) is 0 Å². The van der Waals surface area contributed by atoms with Gasteiger partial charge in [-0.1, -0.05) is 42.5 Å². The zero-order valence-electron chi connectivity index (χ0n) is 16.3. The van der Waals surface area contributed by atoms with E-state index in [2.05, 4.69) is 92.1 Å². The zero-order valence-corrected chi connectivity index (χ0v) is 16.3. The lowest BCUT2D eigenvalue weighted by Gasteiger charge is -2.30. The Labute approximate surface area is 159 Å². The molecule has 4 aromatic rings. The van der Waals surface area contributed by atoms with Gasteiger partial charge in [-0.15, -0.1) is 0 Å². The molecule has 0 bridgehead atoms. The molecule has 1 aliphatic rings. The van der Waals surface area contributed by atoms with Crippen LogP contribution in [0.5, 0.6) is 0 Å². The second-order valence-electron chi connectivity index (χ2n) is 7.44. The van der Waals surface area contributed by atoms with Gasteiger partial charge in [0, 0.05) is 17.3 Å². The summed E-state index contributed by atoms with van der Waals surface area (Å²) in [5.41, 5.74) is 8.11. The normalized spacial score (nSPS) is 16.5. The number of nitrogens with zero attached hydrogens (tertiary/aromatic N) is 2. The summed E-state index contributed by atoms with van der Waals surface area (Å²) in [6.45, 7) is 9.76. The first kappa shape index (κ1) is 16.2. The van der Waals surface area contributed by atoms with Crippen LogP contribution in [0, 0.1) is 13.8 Å². The minimum absolute atomic E-state index is 0.242. The summed E-state index contributed by atoms with van der Waals surface area (Å²) in [5, 5.41) is 2.38. The van der Waals surface area contributed by atoms with Gasteiger partial charge in [-0.25, -0.2) is 0 Å². The van der Waals surface area contributed by atoms with Crippen LogP contribution in [0.25, 0.3) is 21.9 Å². The lowest BCUT2D eigenvalue weighted by atomic mass is 10.1. The SMILES string of the molecule is CCN1c2ccccc2N(c2c(C)ccc3c2oc2c(C)cccc23)[C@@H]1C. The summed E-state index contributed by atoms with van der Waals surface area (Å²) < 4.78 is 6.48. The van der Waals surface area contributed by atoms with E-state index in [-0.39, 0.29) is 6.17 Å². The van der Waals surface area contributed by atoms with Crippen molar-refractivity contribution in [2.24, 2.45) is 0 Å². The van der Waals surface area contributed by atoms with Crippen molar-refractivity contribution in [2.45, 2.75) is 33.9 Å². The first-order valence-electron chi connectivity index (χ1n) is 9.68. The van der Waals surface area contributed by atoms with Crippen LogP contribution in [0.4, 0.5) is 17.1 Å². The maximum Gasteiger partial charge on any atom is 0.159 e. The molecule has 0 amide bonds. The molecule has 0 spiro atoms. The van der Waals surface area contributed by atoms with Crippen LogP contribution in [0.1, 0.15) is 25.0 Å². The van der Waals surface area contributed by atoms with Crippen molar-refractivity contribution in [1.82, 2.24) is 0 Å². The summed E-state index contributed by atoms with van der Waals surface area (Å²) in [5.74, 6) is 0. The summed E-state index contributed by atoms with van der Waals surface area (Å²) in [7, 11) is 0. The number of hydrogen-bond donors (Lipinski definition) is 0. The summed E-state index contributed by atoms with van der Waals surface area (Å²) >= 11 is 0. The maximum absolute atomic E-state index is 6.48. The van der Waals surface area contributed by atoms with E-state index >= 15 is 0 Å². The first-order chi connectivity index (χ1) is 13.1. The molecule has 27 heavy (non-hydrogen) atoms. The third-order valence-electron chi connectivity index (χ3n) is 5.90. The fourth-order valence-electron chi connectivity index (χ4n) is 4.58. The van der Waals surface area contributed by atoms with E-state index in [4.69, 9.17) is 4.42 Å². The molecule has 5 rings (SSSR count). The van der Waals surface area contributed by atoms with E-state index in [0.29, 0.717) is 0 Å². The number of anilines is 3. The average Bonchev–Trinajstić information content (AvgIpc) is 3.18. The Kier molecular flexibility index (Phi) is 3.48. The molecule has 0 aliphatic carbocycles. The highest BCUT2D eigenvalue weighted by Gasteiger charge is 2.35. The first-order valence-corrected chi connectivity index (χ1v) is 9.68. The van der Waals surface area contributed by atoms with E-state index < -0.39 is 0 Å². The van der Waals surface area contributed by atoms with Gasteiger partial charge >= 0.3 is 0 Å². The quantitative estimate of drug-likeness (QED) is 0.407. The van der Waals surface area contributed by atoms with Gasteiger partial charge in [0.15, 0.2) is 5.58 Å². The van der Waals surface area contributed by atoms with Crippen LogP contribution in [-0.4, -0.2) is 12.7 Å². The Morgan fingerprint density at radius 3 is 2.33 bits per heavy atom. The van der Waals surface area contributed by atoms with E-state index in [1.807, 2.05) is 0 Å². The molecule has 0 radical (unpaired) electrons. The summed E-state index contributed by atoms with van der Waals surface area (Å²) in [6.07, 6.45) is 0.242. The number of para-hydroxylation sites is 3. The smallest absolute Gasteiger partial charge is 0.159 e. The minimum atomic E-state index is 0.242. The van der Waals surface area contributed by atoms with E-state index in [1.165, 1.54) is 39.0 Å². The van der Waals surface area contributed by atoms with Gasteiger partial charge in [-0.05, 0) is 51.0 Å². The monoisotopic (exact) mass is 356 g/mol. The van der Waals surface area contributed by atoms with E-state index in [0.717, 1.165) is 17.7 Å². The minimum Gasteiger partial charge on any atom is -0.454 e. The molecule has 3 aromatic carbocycles.